The lowest BCUT2D eigenvalue weighted by atomic mass is 10.1. The summed E-state index contributed by atoms with van der Waals surface area (Å²) in [4.78, 5) is 26.5. The number of anilines is 1. The van der Waals surface area contributed by atoms with Gasteiger partial charge in [-0.2, -0.15) is 0 Å². The van der Waals surface area contributed by atoms with Gasteiger partial charge in [-0.25, -0.2) is 0 Å². The molecule has 0 spiro atoms. The normalized spacial score (nSPS) is 21.2. The Labute approximate surface area is 125 Å². The van der Waals surface area contributed by atoms with E-state index in [1.807, 2.05) is 24.3 Å². The molecule has 0 aromatic heterocycles. The number of carbonyl (C=O) groups excluding carboxylic acids is 2. The standard InChI is InChI=1S/C14H10N2O2S2/c1-2-7-16-9-6-4-3-5-8(9)10(13(16)18)11-12(17)15-14(19)20-11/h2-6H,1,7H2,(H,15,17,19)/b11-10-. The van der Waals surface area contributed by atoms with Gasteiger partial charge in [0.15, 0.2) is 0 Å². The van der Waals surface area contributed by atoms with Crippen molar-refractivity contribution in [3.63, 3.8) is 0 Å². The SMILES string of the molecule is C=CCN1C(=O)/C(=C2\SC(=S)NC2=O)c2ccccc21. The smallest absolute Gasteiger partial charge is 0.264 e. The fourth-order valence-corrected chi connectivity index (χ4v) is 3.40. The molecule has 2 aliphatic rings. The molecule has 0 bridgehead atoms. The Kier molecular flexibility index (Phi) is 3.19. The van der Waals surface area contributed by atoms with Gasteiger partial charge in [-0.15, -0.1) is 6.58 Å². The van der Waals surface area contributed by atoms with Gasteiger partial charge in [-0.05, 0) is 6.07 Å². The number of fused-ring (bicyclic) bond motifs is 1. The van der Waals surface area contributed by atoms with Crippen LogP contribution in [-0.2, 0) is 9.59 Å². The third-order valence-corrected chi connectivity index (χ3v) is 4.31. The summed E-state index contributed by atoms with van der Waals surface area (Å²) in [7, 11) is 0. The Morgan fingerprint density at radius 1 is 1.35 bits per heavy atom. The first-order valence-electron chi connectivity index (χ1n) is 5.93. The molecular formula is C14H10N2O2S2. The number of rotatable bonds is 2. The van der Waals surface area contributed by atoms with Crippen LogP contribution < -0.4 is 10.2 Å². The number of hydrogen-bond acceptors (Lipinski definition) is 4. The van der Waals surface area contributed by atoms with E-state index < -0.39 is 0 Å². The van der Waals surface area contributed by atoms with Crippen LogP contribution in [0.2, 0.25) is 0 Å². The number of hydrogen-bond donors (Lipinski definition) is 1. The first kappa shape index (κ1) is 13.1. The lowest BCUT2D eigenvalue weighted by molar-refractivity contribution is -0.116. The minimum atomic E-state index is -0.307. The van der Waals surface area contributed by atoms with E-state index in [2.05, 4.69) is 11.9 Å². The number of nitrogens with zero attached hydrogens (tertiary/aromatic N) is 1. The molecule has 1 fully saturated rings. The Bertz CT molecular complexity index is 694. The van der Waals surface area contributed by atoms with E-state index >= 15 is 0 Å². The molecule has 2 amide bonds. The van der Waals surface area contributed by atoms with Crippen LogP contribution in [0.3, 0.4) is 0 Å². The van der Waals surface area contributed by atoms with Gasteiger partial charge < -0.3 is 10.2 Å². The molecule has 6 heteroatoms. The number of carbonyl (C=O) groups is 2. The maximum absolute atomic E-state index is 12.6. The maximum Gasteiger partial charge on any atom is 0.264 e. The highest BCUT2D eigenvalue weighted by Gasteiger charge is 2.38. The Morgan fingerprint density at radius 2 is 2.10 bits per heavy atom. The van der Waals surface area contributed by atoms with E-state index in [0.29, 0.717) is 21.3 Å². The van der Waals surface area contributed by atoms with E-state index in [0.717, 1.165) is 23.0 Å². The van der Waals surface area contributed by atoms with E-state index in [4.69, 9.17) is 12.2 Å². The van der Waals surface area contributed by atoms with Crippen LogP contribution in [0.1, 0.15) is 5.56 Å². The zero-order valence-electron chi connectivity index (χ0n) is 10.4. The van der Waals surface area contributed by atoms with Crippen molar-refractivity contribution < 1.29 is 9.59 Å². The molecule has 0 radical (unpaired) electrons. The molecular weight excluding hydrogens is 292 g/mol. The number of para-hydroxylation sites is 1. The molecule has 0 aliphatic carbocycles. The number of benzene rings is 1. The van der Waals surface area contributed by atoms with Crippen molar-refractivity contribution in [2.75, 3.05) is 11.4 Å². The average molecular weight is 302 g/mol. The number of thioether (sulfide) groups is 1. The first-order valence-corrected chi connectivity index (χ1v) is 7.15. The summed E-state index contributed by atoms with van der Waals surface area (Å²) < 4.78 is 0.380. The summed E-state index contributed by atoms with van der Waals surface area (Å²) in [5.74, 6) is -0.493. The van der Waals surface area contributed by atoms with Crippen LogP contribution in [0.15, 0.2) is 41.8 Å². The van der Waals surface area contributed by atoms with Gasteiger partial charge in [0.25, 0.3) is 11.8 Å². The number of amides is 2. The van der Waals surface area contributed by atoms with Crippen molar-refractivity contribution in [1.29, 1.82) is 0 Å². The highest BCUT2D eigenvalue weighted by atomic mass is 32.2. The highest BCUT2D eigenvalue weighted by molar-refractivity contribution is 8.27. The van der Waals surface area contributed by atoms with Crippen molar-refractivity contribution in [2.45, 2.75) is 0 Å². The minimum absolute atomic E-state index is 0.187. The van der Waals surface area contributed by atoms with Crippen LogP contribution >= 0.6 is 24.0 Å². The molecule has 0 saturated carbocycles. The largest absolute Gasteiger partial charge is 0.307 e. The van der Waals surface area contributed by atoms with Crippen LogP contribution in [0.5, 0.6) is 0 Å². The van der Waals surface area contributed by atoms with Crippen LogP contribution in [-0.4, -0.2) is 22.7 Å². The highest BCUT2D eigenvalue weighted by Crippen LogP contribution is 2.42. The molecule has 4 nitrogen and oxygen atoms in total. The van der Waals surface area contributed by atoms with Crippen LogP contribution in [0.4, 0.5) is 5.69 Å². The molecule has 3 rings (SSSR count). The lowest BCUT2D eigenvalue weighted by Gasteiger charge is -2.13. The molecule has 2 aliphatic heterocycles. The summed E-state index contributed by atoms with van der Waals surface area (Å²) >= 11 is 6.12. The van der Waals surface area contributed by atoms with Crippen LogP contribution in [0, 0.1) is 0 Å². The lowest BCUT2D eigenvalue weighted by Crippen LogP contribution is -2.27. The van der Waals surface area contributed by atoms with Crippen molar-refractivity contribution in [2.24, 2.45) is 0 Å². The summed E-state index contributed by atoms with van der Waals surface area (Å²) in [5, 5.41) is 2.55. The summed E-state index contributed by atoms with van der Waals surface area (Å²) in [6.45, 7) is 4.07. The summed E-state index contributed by atoms with van der Waals surface area (Å²) in [6, 6.07) is 7.41. The Morgan fingerprint density at radius 3 is 2.75 bits per heavy atom. The van der Waals surface area contributed by atoms with Crippen molar-refractivity contribution in [3.05, 3.63) is 47.4 Å². The molecule has 1 saturated heterocycles. The van der Waals surface area contributed by atoms with E-state index in [-0.39, 0.29) is 11.8 Å². The third-order valence-electron chi connectivity index (χ3n) is 3.08. The van der Waals surface area contributed by atoms with Crippen molar-refractivity contribution in [3.8, 4) is 0 Å². The molecule has 1 N–H and O–H groups in total. The van der Waals surface area contributed by atoms with E-state index in [1.165, 1.54) is 0 Å². The monoisotopic (exact) mass is 302 g/mol. The average Bonchev–Trinajstić information content (AvgIpc) is 2.88. The zero-order chi connectivity index (χ0) is 14.3. The Hall–Kier alpha value is -1.92. The molecule has 20 heavy (non-hydrogen) atoms. The van der Waals surface area contributed by atoms with Gasteiger partial charge >= 0.3 is 0 Å². The fourth-order valence-electron chi connectivity index (χ4n) is 2.29. The van der Waals surface area contributed by atoms with Gasteiger partial charge in [-0.1, -0.05) is 48.3 Å². The summed E-state index contributed by atoms with van der Waals surface area (Å²) in [6.07, 6.45) is 1.66. The molecule has 2 heterocycles. The topological polar surface area (TPSA) is 49.4 Å². The fraction of sp³-hybridized carbons (Fsp3) is 0.0714. The second-order valence-electron chi connectivity index (χ2n) is 4.27. The molecule has 1 aromatic rings. The molecule has 1 aromatic carbocycles. The number of thiocarbonyl (C=S) groups is 1. The zero-order valence-corrected chi connectivity index (χ0v) is 12.0. The Balaban J connectivity index is 2.21. The van der Waals surface area contributed by atoms with Gasteiger partial charge in [0.2, 0.25) is 0 Å². The number of nitrogens with one attached hydrogen (secondary N) is 1. The maximum atomic E-state index is 12.6. The van der Waals surface area contributed by atoms with Gasteiger partial charge in [0.05, 0.1) is 16.2 Å². The third kappa shape index (κ3) is 1.88. The van der Waals surface area contributed by atoms with Crippen LogP contribution in [0.25, 0.3) is 5.57 Å². The molecule has 0 atom stereocenters. The predicted octanol–water partition coefficient (Wildman–Crippen LogP) is 2.08. The quantitative estimate of drug-likeness (QED) is 0.516. The van der Waals surface area contributed by atoms with Gasteiger partial charge in [0, 0.05) is 12.1 Å². The minimum Gasteiger partial charge on any atom is -0.307 e. The van der Waals surface area contributed by atoms with E-state index in [9.17, 15) is 9.59 Å². The van der Waals surface area contributed by atoms with E-state index in [1.54, 1.807) is 11.0 Å². The second-order valence-corrected chi connectivity index (χ2v) is 5.96. The van der Waals surface area contributed by atoms with Gasteiger partial charge in [0.1, 0.15) is 4.32 Å². The molecule has 100 valence electrons. The first-order chi connectivity index (χ1) is 9.63. The van der Waals surface area contributed by atoms with Crippen molar-refractivity contribution >= 4 is 51.4 Å². The van der Waals surface area contributed by atoms with Crippen molar-refractivity contribution in [1.82, 2.24) is 5.32 Å². The predicted molar refractivity (Wildman–Crippen MR) is 84.2 cm³/mol. The summed E-state index contributed by atoms with van der Waals surface area (Å²) in [5.41, 5.74) is 1.98. The second kappa shape index (κ2) is 4.88. The van der Waals surface area contributed by atoms with Gasteiger partial charge in [-0.3, -0.25) is 9.59 Å². The molecule has 0 unspecified atom stereocenters.